The molecule has 0 N–H and O–H groups in total. The van der Waals surface area contributed by atoms with Gasteiger partial charge in [0.25, 0.3) is 0 Å². The molecule has 1 heterocycles. The van der Waals surface area contributed by atoms with Gasteiger partial charge in [-0.3, -0.25) is 4.79 Å². The first-order valence-electron chi connectivity index (χ1n) is 6.06. The highest BCUT2D eigenvalue weighted by atomic mass is 16.3. The van der Waals surface area contributed by atoms with Crippen LogP contribution in [0.1, 0.15) is 11.3 Å². The number of amides is 1. The molecule has 18 heavy (non-hydrogen) atoms. The van der Waals surface area contributed by atoms with Crippen molar-refractivity contribution in [3.05, 3.63) is 60.1 Å². The lowest BCUT2D eigenvalue weighted by molar-refractivity contribution is -0.129. The van der Waals surface area contributed by atoms with E-state index in [0.717, 1.165) is 17.7 Å². The van der Waals surface area contributed by atoms with E-state index in [1.807, 2.05) is 49.5 Å². The van der Waals surface area contributed by atoms with Crippen LogP contribution in [-0.2, 0) is 17.6 Å². The molecule has 0 spiro atoms. The van der Waals surface area contributed by atoms with Gasteiger partial charge < -0.3 is 9.32 Å². The topological polar surface area (TPSA) is 33.5 Å². The second-order valence-corrected chi connectivity index (χ2v) is 4.31. The quantitative estimate of drug-likeness (QED) is 0.808. The van der Waals surface area contributed by atoms with Crippen molar-refractivity contribution >= 4 is 5.91 Å². The minimum absolute atomic E-state index is 0.132. The Hall–Kier alpha value is -2.03. The molecule has 0 aliphatic heterocycles. The van der Waals surface area contributed by atoms with E-state index < -0.39 is 0 Å². The normalized spacial score (nSPS) is 10.3. The van der Waals surface area contributed by atoms with Crippen LogP contribution in [-0.4, -0.2) is 24.4 Å². The van der Waals surface area contributed by atoms with Crippen LogP contribution in [0.25, 0.3) is 0 Å². The van der Waals surface area contributed by atoms with Crippen molar-refractivity contribution < 1.29 is 9.21 Å². The molecule has 0 fully saturated rings. The highest BCUT2D eigenvalue weighted by Gasteiger charge is 2.09. The Kier molecular flexibility index (Phi) is 4.18. The third-order valence-electron chi connectivity index (χ3n) is 2.90. The molecule has 0 aliphatic rings. The minimum Gasteiger partial charge on any atom is -0.469 e. The van der Waals surface area contributed by atoms with Crippen LogP contribution in [0.5, 0.6) is 0 Å². The summed E-state index contributed by atoms with van der Waals surface area (Å²) in [5.41, 5.74) is 1.05. The Morgan fingerprint density at radius 2 is 1.94 bits per heavy atom. The van der Waals surface area contributed by atoms with E-state index in [-0.39, 0.29) is 5.91 Å². The molecule has 0 bridgehead atoms. The molecule has 1 amide bonds. The van der Waals surface area contributed by atoms with E-state index in [1.54, 1.807) is 11.2 Å². The van der Waals surface area contributed by atoms with Crippen LogP contribution >= 0.6 is 0 Å². The lowest BCUT2D eigenvalue weighted by atomic mass is 10.1. The van der Waals surface area contributed by atoms with E-state index in [9.17, 15) is 4.79 Å². The molecular formula is C15H17NO2. The van der Waals surface area contributed by atoms with Crippen LogP contribution in [0.15, 0.2) is 53.1 Å². The van der Waals surface area contributed by atoms with Gasteiger partial charge in [-0.1, -0.05) is 30.3 Å². The van der Waals surface area contributed by atoms with Crippen LogP contribution in [0.4, 0.5) is 0 Å². The van der Waals surface area contributed by atoms with Gasteiger partial charge >= 0.3 is 0 Å². The maximum Gasteiger partial charge on any atom is 0.226 e. The highest BCUT2D eigenvalue weighted by molar-refractivity contribution is 5.78. The van der Waals surface area contributed by atoms with Crippen LogP contribution < -0.4 is 0 Å². The first kappa shape index (κ1) is 12.4. The van der Waals surface area contributed by atoms with E-state index >= 15 is 0 Å². The molecule has 0 radical (unpaired) electrons. The fraction of sp³-hybridized carbons (Fsp3) is 0.267. The third kappa shape index (κ3) is 3.48. The summed E-state index contributed by atoms with van der Waals surface area (Å²) in [6.07, 6.45) is 2.86. The standard InChI is InChI=1S/C15H17NO2/c1-16(10-9-14-8-5-11-18-14)15(17)12-13-6-3-2-4-7-13/h2-8,11H,9-10,12H2,1H3. The summed E-state index contributed by atoms with van der Waals surface area (Å²) in [5.74, 6) is 1.04. The van der Waals surface area contributed by atoms with Gasteiger partial charge in [-0.15, -0.1) is 0 Å². The van der Waals surface area contributed by atoms with E-state index in [0.29, 0.717) is 13.0 Å². The first-order chi connectivity index (χ1) is 8.75. The first-order valence-corrected chi connectivity index (χ1v) is 6.06. The predicted octanol–water partition coefficient (Wildman–Crippen LogP) is 2.52. The van der Waals surface area contributed by atoms with Crippen molar-refractivity contribution in [2.75, 3.05) is 13.6 Å². The van der Waals surface area contributed by atoms with Crippen LogP contribution in [0, 0.1) is 0 Å². The molecule has 0 atom stereocenters. The molecule has 3 nitrogen and oxygen atoms in total. The maximum absolute atomic E-state index is 12.0. The minimum atomic E-state index is 0.132. The summed E-state index contributed by atoms with van der Waals surface area (Å²) in [4.78, 5) is 13.7. The predicted molar refractivity (Wildman–Crippen MR) is 70.2 cm³/mol. The monoisotopic (exact) mass is 243 g/mol. The number of hydrogen-bond acceptors (Lipinski definition) is 2. The van der Waals surface area contributed by atoms with Gasteiger partial charge in [-0.2, -0.15) is 0 Å². The molecule has 1 aromatic heterocycles. The van der Waals surface area contributed by atoms with E-state index in [1.165, 1.54) is 0 Å². The van der Waals surface area contributed by atoms with Gasteiger partial charge in [0.05, 0.1) is 12.7 Å². The number of benzene rings is 1. The van der Waals surface area contributed by atoms with Gasteiger partial charge in [0.1, 0.15) is 5.76 Å². The lowest BCUT2D eigenvalue weighted by Crippen LogP contribution is -2.30. The molecule has 0 saturated carbocycles. The Morgan fingerprint density at radius 1 is 1.17 bits per heavy atom. The fourth-order valence-corrected chi connectivity index (χ4v) is 1.76. The van der Waals surface area contributed by atoms with Gasteiger partial charge in [-0.25, -0.2) is 0 Å². The van der Waals surface area contributed by atoms with Gasteiger partial charge in [-0.05, 0) is 17.7 Å². The molecular weight excluding hydrogens is 226 g/mol. The number of nitrogens with zero attached hydrogens (tertiary/aromatic N) is 1. The van der Waals surface area contributed by atoms with Crippen molar-refractivity contribution in [2.24, 2.45) is 0 Å². The van der Waals surface area contributed by atoms with Crippen LogP contribution in [0.3, 0.4) is 0 Å². The van der Waals surface area contributed by atoms with E-state index in [2.05, 4.69) is 0 Å². The number of likely N-dealkylation sites (N-methyl/N-ethyl adjacent to an activating group) is 1. The number of furan rings is 1. The van der Waals surface area contributed by atoms with Crippen molar-refractivity contribution in [3.63, 3.8) is 0 Å². The summed E-state index contributed by atoms with van der Waals surface area (Å²) in [7, 11) is 1.83. The SMILES string of the molecule is CN(CCc1ccco1)C(=O)Cc1ccccc1. The molecule has 0 unspecified atom stereocenters. The van der Waals surface area contributed by atoms with Crippen molar-refractivity contribution in [1.29, 1.82) is 0 Å². The van der Waals surface area contributed by atoms with Crippen molar-refractivity contribution in [1.82, 2.24) is 4.90 Å². The zero-order valence-corrected chi connectivity index (χ0v) is 10.5. The fourth-order valence-electron chi connectivity index (χ4n) is 1.76. The Labute approximate surface area is 107 Å². The summed E-state index contributed by atoms with van der Waals surface area (Å²) >= 11 is 0. The summed E-state index contributed by atoms with van der Waals surface area (Å²) in [5, 5.41) is 0. The highest BCUT2D eigenvalue weighted by Crippen LogP contribution is 2.05. The lowest BCUT2D eigenvalue weighted by Gasteiger charge is -2.16. The average Bonchev–Trinajstić information content (AvgIpc) is 2.90. The van der Waals surface area contributed by atoms with Gasteiger partial charge in [0.15, 0.2) is 0 Å². The molecule has 0 saturated heterocycles. The number of rotatable bonds is 5. The third-order valence-corrected chi connectivity index (χ3v) is 2.90. The van der Waals surface area contributed by atoms with Crippen molar-refractivity contribution in [3.8, 4) is 0 Å². The Bertz CT molecular complexity index is 476. The van der Waals surface area contributed by atoms with Gasteiger partial charge in [0, 0.05) is 20.0 Å². The average molecular weight is 243 g/mol. The molecule has 1 aromatic carbocycles. The number of carbonyl (C=O) groups excluding carboxylic acids is 1. The van der Waals surface area contributed by atoms with Gasteiger partial charge in [0.2, 0.25) is 5.91 Å². The summed E-state index contributed by atoms with van der Waals surface area (Å²) in [6.45, 7) is 0.680. The van der Waals surface area contributed by atoms with Crippen LogP contribution in [0.2, 0.25) is 0 Å². The molecule has 94 valence electrons. The molecule has 2 rings (SSSR count). The second-order valence-electron chi connectivity index (χ2n) is 4.31. The zero-order chi connectivity index (χ0) is 12.8. The van der Waals surface area contributed by atoms with Crippen molar-refractivity contribution in [2.45, 2.75) is 12.8 Å². The zero-order valence-electron chi connectivity index (χ0n) is 10.5. The molecule has 0 aliphatic carbocycles. The Morgan fingerprint density at radius 3 is 2.61 bits per heavy atom. The number of hydrogen-bond donors (Lipinski definition) is 0. The summed E-state index contributed by atoms with van der Waals surface area (Å²) in [6, 6.07) is 13.6. The Balaban J connectivity index is 1.82. The van der Waals surface area contributed by atoms with E-state index in [4.69, 9.17) is 4.42 Å². The smallest absolute Gasteiger partial charge is 0.226 e. The largest absolute Gasteiger partial charge is 0.469 e. The maximum atomic E-state index is 12.0. The summed E-state index contributed by atoms with van der Waals surface area (Å²) < 4.78 is 5.24. The number of carbonyl (C=O) groups is 1. The molecule has 3 heteroatoms. The second kappa shape index (κ2) is 6.05. The molecule has 2 aromatic rings.